The summed E-state index contributed by atoms with van der Waals surface area (Å²) in [5, 5.41) is 3.22. The van der Waals surface area contributed by atoms with Crippen LogP contribution < -0.4 is 5.32 Å². The number of imidazole rings is 1. The maximum atomic E-state index is 11.9. The number of hydrogen-bond donors (Lipinski definition) is 1. The van der Waals surface area contributed by atoms with Crippen LogP contribution in [0.2, 0.25) is 0 Å². The number of aryl methyl sites for hydroxylation is 1. The number of nitrogens with one attached hydrogen (secondary N) is 1. The van der Waals surface area contributed by atoms with Crippen molar-refractivity contribution in [2.24, 2.45) is 0 Å². The van der Waals surface area contributed by atoms with Crippen LogP contribution in [-0.4, -0.2) is 46.0 Å². The van der Waals surface area contributed by atoms with Gasteiger partial charge in [0.25, 0.3) is 0 Å². The van der Waals surface area contributed by atoms with E-state index in [-0.39, 0.29) is 11.9 Å². The van der Waals surface area contributed by atoms with Crippen LogP contribution in [0.25, 0.3) is 0 Å². The lowest BCUT2D eigenvalue weighted by molar-refractivity contribution is -0.129. The zero-order valence-corrected chi connectivity index (χ0v) is 10.3. The highest BCUT2D eigenvalue weighted by Crippen LogP contribution is 2.11. The van der Waals surface area contributed by atoms with E-state index in [1.54, 1.807) is 6.20 Å². The minimum atomic E-state index is 0.0493. The Balaban J connectivity index is 1.71. The molecule has 1 atom stereocenters. The van der Waals surface area contributed by atoms with Crippen molar-refractivity contribution in [3.63, 3.8) is 0 Å². The summed E-state index contributed by atoms with van der Waals surface area (Å²) in [6.45, 7) is 5.56. The number of likely N-dealkylation sites (tertiary alicyclic amines) is 1. The molecular weight excluding hydrogens is 216 g/mol. The van der Waals surface area contributed by atoms with Crippen LogP contribution in [0.5, 0.6) is 0 Å². The Morgan fingerprint density at radius 2 is 2.41 bits per heavy atom. The molecule has 17 heavy (non-hydrogen) atoms. The van der Waals surface area contributed by atoms with Crippen LogP contribution in [0.4, 0.5) is 0 Å². The Hall–Kier alpha value is -1.36. The second-order valence-electron chi connectivity index (χ2n) is 4.38. The predicted molar refractivity (Wildman–Crippen MR) is 65.5 cm³/mol. The van der Waals surface area contributed by atoms with Gasteiger partial charge in [-0.2, -0.15) is 0 Å². The van der Waals surface area contributed by atoms with Crippen LogP contribution in [0, 0.1) is 0 Å². The average molecular weight is 236 g/mol. The largest absolute Gasteiger partial charge is 0.341 e. The summed E-state index contributed by atoms with van der Waals surface area (Å²) in [7, 11) is 0. The molecule has 0 aliphatic carbocycles. The summed E-state index contributed by atoms with van der Waals surface area (Å²) in [6.07, 6.45) is 7.47. The molecule has 2 heterocycles. The van der Waals surface area contributed by atoms with Gasteiger partial charge in [0.2, 0.25) is 5.91 Å². The number of amides is 1. The zero-order valence-electron chi connectivity index (χ0n) is 10.3. The Morgan fingerprint density at radius 1 is 1.53 bits per heavy atom. The standard InChI is InChI=1S/C12H20N4O/c1-2-14-11-4-8-16(12(11)17)7-3-6-15-9-5-13-10-15/h5,9-11,14H,2-4,6-8H2,1H3. The number of nitrogens with zero attached hydrogens (tertiary/aromatic N) is 3. The molecule has 1 aromatic rings. The van der Waals surface area contributed by atoms with Gasteiger partial charge in [-0.15, -0.1) is 0 Å². The maximum Gasteiger partial charge on any atom is 0.239 e. The molecule has 0 radical (unpaired) electrons. The van der Waals surface area contributed by atoms with E-state index < -0.39 is 0 Å². The first-order valence-electron chi connectivity index (χ1n) is 6.29. The topological polar surface area (TPSA) is 50.2 Å². The predicted octanol–water partition coefficient (Wildman–Crippen LogP) is 0.484. The molecule has 5 nitrogen and oxygen atoms in total. The molecule has 0 spiro atoms. The summed E-state index contributed by atoms with van der Waals surface area (Å²) >= 11 is 0. The van der Waals surface area contributed by atoms with Crippen LogP contribution in [0.1, 0.15) is 19.8 Å². The number of carbonyl (C=O) groups is 1. The fraction of sp³-hybridized carbons (Fsp3) is 0.667. The van der Waals surface area contributed by atoms with Gasteiger partial charge in [-0.25, -0.2) is 4.98 Å². The molecule has 0 bridgehead atoms. The average Bonchev–Trinajstić information content (AvgIpc) is 2.94. The monoisotopic (exact) mass is 236 g/mol. The first-order valence-corrected chi connectivity index (χ1v) is 6.29. The van der Waals surface area contributed by atoms with Crippen molar-refractivity contribution in [2.75, 3.05) is 19.6 Å². The van der Waals surface area contributed by atoms with Gasteiger partial charge >= 0.3 is 0 Å². The Labute approximate surface area is 102 Å². The fourth-order valence-electron chi connectivity index (χ4n) is 2.26. The van der Waals surface area contributed by atoms with Gasteiger partial charge in [0.1, 0.15) is 0 Å². The molecule has 0 aromatic carbocycles. The van der Waals surface area contributed by atoms with Gasteiger partial charge in [0.15, 0.2) is 0 Å². The van der Waals surface area contributed by atoms with Crippen LogP contribution >= 0.6 is 0 Å². The van der Waals surface area contributed by atoms with E-state index in [0.717, 1.165) is 39.0 Å². The molecule has 1 N–H and O–H groups in total. The van der Waals surface area contributed by atoms with E-state index in [1.165, 1.54) is 0 Å². The van der Waals surface area contributed by atoms with Crippen molar-refractivity contribution in [1.29, 1.82) is 0 Å². The van der Waals surface area contributed by atoms with Crippen molar-refractivity contribution in [3.05, 3.63) is 18.7 Å². The van der Waals surface area contributed by atoms with Gasteiger partial charge in [-0.1, -0.05) is 6.92 Å². The molecule has 1 saturated heterocycles. The highest BCUT2D eigenvalue weighted by Gasteiger charge is 2.29. The van der Waals surface area contributed by atoms with Crippen molar-refractivity contribution in [2.45, 2.75) is 32.4 Å². The van der Waals surface area contributed by atoms with E-state index in [9.17, 15) is 4.79 Å². The molecule has 1 aliphatic rings. The first-order chi connectivity index (χ1) is 8.31. The molecule has 1 aromatic heterocycles. The van der Waals surface area contributed by atoms with Crippen LogP contribution in [-0.2, 0) is 11.3 Å². The number of hydrogen-bond acceptors (Lipinski definition) is 3. The van der Waals surface area contributed by atoms with Gasteiger partial charge in [0.05, 0.1) is 12.4 Å². The van der Waals surface area contributed by atoms with E-state index in [4.69, 9.17) is 0 Å². The highest BCUT2D eigenvalue weighted by atomic mass is 16.2. The fourth-order valence-corrected chi connectivity index (χ4v) is 2.26. The van der Waals surface area contributed by atoms with E-state index in [2.05, 4.69) is 10.3 Å². The van der Waals surface area contributed by atoms with Gasteiger partial charge < -0.3 is 14.8 Å². The molecule has 1 fully saturated rings. The molecular formula is C12H20N4O. The van der Waals surface area contributed by atoms with Gasteiger partial charge in [0, 0.05) is 32.0 Å². The molecule has 94 valence electrons. The molecule has 1 aliphatic heterocycles. The molecule has 5 heteroatoms. The van der Waals surface area contributed by atoms with Crippen molar-refractivity contribution in [3.8, 4) is 0 Å². The third-order valence-corrected chi connectivity index (χ3v) is 3.15. The summed E-state index contributed by atoms with van der Waals surface area (Å²) in [5.74, 6) is 0.262. The van der Waals surface area contributed by atoms with E-state index in [0.29, 0.717) is 0 Å². The van der Waals surface area contributed by atoms with Crippen molar-refractivity contribution in [1.82, 2.24) is 19.8 Å². The second-order valence-corrected chi connectivity index (χ2v) is 4.38. The number of carbonyl (C=O) groups excluding carboxylic acids is 1. The third-order valence-electron chi connectivity index (χ3n) is 3.15. The summed E-state index contributed by atoms with van der Waals surface area (Å²) in [5.41, 5.74) is 0. The normalized spacial score (nSPS) is 20.2. The molecule has 2 rings (SSSR count). The zero-order chi connectivity index (χ0) is 12.1. The SMILES string of the molecule is CCNC1CCN(CCCn2ccnc2)C1=O. The van der Waals surface area contributed by atoms with Crippen LogP contribution in [0.15, 0.2) is 18.7 Å². The number of likely N-dealkylation sites (N-methyl/N-ethyl adjacent to an activating group) is 1. The quantitative estimate of drug-likeness (QED) is 0.782. The summed E-state index contributed by atoms with van der Waals surface area (Å²) in [4.78, 5) is 17.9. The smallest absolute Gasteiger partial charge is 0.239 e. The maximum absolute atomic E-state index is 11.9. The Morgan fingerprint density at radius 3 is 3.12 bits per heavy atom. The third kappa shape index (κ3) is 3.06. The first kappa shape index (κ1) is 12.1. The van der Waals surface area contributed by atoms with Gasteiger partial charge in [-0.05, 0) is 19.4 Å². The second kappa shape index (κ2) is 5.82. The van der Waals surface area contributed by atoms with Gasteiger partial charge in [-0.3, -0.25) is 4.79 Å². The van der Waals surface area contributed by atoms with E-state index >= 15 is 0 Å². The lowest BCUT2D eigenvalue weighted by Gasteiger charge is -2.16. The summed E-state index contributed by atoms with van der Waals surface area (Å²) in [6, 6.07) is 0.0493. The lowest BCUT2D eigenvalue weighted by atomic mass is 10.2. The molecule has 1 unspecified atom stereocenters. The Kier molecular flexibility index (Phi) is 4.14. The molecule has 1 amide bonds. The lowest BCUT2D eigenvalue weighted by Crippen LogP contribution is -2.38. The van der Waals surface area contributed by atoms with Crippen molar-refractivity contribution >= 4 is 5.91 Å². The van der Waals surface area contributed by atoms with Crippen molar-refractivity contribution < 1.29 is 4.79 Å². The minimum Gasteiger partial charge on any atom is -0.341 e. The number of aromatic nitrogens is 2. The summed E-state index contributed by atoms with van der Waals surface area (Å²) < 4.78 is 2.04. The van der Waals surface area contributed by atoms with E-state index in [1.807, 2.05) is 28.9 Å². The molecule has 0 saturated carbocycles. The minimum absolute atomic E-state index is 0.0493. The highest BCUT2D eigenvalue weighted by molar-refractivity contribution is 5.83. The Bertz CT molecular complexity index is 349. The number of rotatable bonds is 6. The van der Waals surface area contributed by atoms with Crippen LogP contribution in [0.3, 0.4) is 0 Å².